The van der Waals surface area contributed by atoms with Crippen molar-refractivity contribution in [3.05, 3.63) is 45.9 Å². The molecule has 0 radical (unpaired) electrons. The SMILES string of the molecule is CSc1ncc(C(=O)NCc2cc(=O)[nH]c(C)n2)cn1. The normalized spacial score (nSPS) is 10.3. The highest BCUT2D eigenvalue weighted by Gasteiger charge is 2.07. The third-order valence-corrected chi connectivity index (χ3v) is 2.99. The molecule has 0 atom stereocenters. The van der Waals surface area contributed by atoms with Gasteiger partial charge in [0, 0.05) is 18.5 Å². The second-order valence-electron chi connectivity index (χ2n) is 3.96. The number of carbonyl (C=O) groups is 1. The molecule has 104 valence electrons. The Balaban J connectivity index is 2.02. The summed E-state index contributed by atoms with van der Waals surface area (Å²) < 4.78 is 0. The van der Waals surface area contributed by atoms with Gasteiger partial charge in [-0.1, -0.05) is 11.8 Å². The predicted molar refractivity (Wildman–Crippen MR) is 74.6 cm³/mol. The number of hydrogen-bond acceptors (Lipinski definition) is 6. The van der Waals surface area contributed by atoms with Crippen molar-refractivity contribution in [2.75, 3.05) is 6.26 Å². The first kappa shape index (κ1) is 14.2. The zero-order valence-corrected chi connectivity index (χ0v) is 11.8. The van der Waals surface area contributed by atoms with Gasteiger partial charge >= 0.3 is 0 Å². The van der Waals surface area contributed by atoms with Gasteiger partial charge in [-0.2, -0.15) is 0 Å². The molecule has 0 aliphatic rings. The molecule has 0 saturated carbocycles. The van der Waals surface area contributed by atoms with E-state index in [0.717, 1.165) is 0 Å². The summed E-state index contributed by atoms with van der Waals surface area (Å²) in [6, 6.07) is 1.35. The van der Waals surface area contributed by atoms with Crippen molar-refractivity contribution in [1.82, 2.24) is 25.3 Å². The van der Waals surface area contributed by atoms with Crippen LogP contribution >= 0.6 is 11.8 Å². The zero-order valence-electron chi connectivity index (χ0n) is 11.0. The maximum atomic E-state index is 11.9. The van der Waals surface area contributed by atoms with E-state index in [1.807, 2.05) is 6.26 Å². The van der Waals surface area contributed by atoms with Crippen LogP contribution in [0.4, 0.5) is 0 Å². The van der Waals surface area contributed by atoms with Gasteiger partial charge in [0.1, 0.15) is 5.82 Å². The molecule has 0 aromatic carbocycles. The van der Waals surface area contributed by atoms with E-state index in [9.17, 15) is 9.59 Å². The number of carbonyl (C=O) groups excluding carboxylic acids is 1. The molecule has 7 nitrogen and oxygen atoms in total. The van der Waals surface area contributed by atoms with Gasteiger partial charge in [-0.05, 0) is 13.2 Å². The van der Waals surface area contributed by atoms with Crippen LogP contribution in [-0.2, 0) is 6.54 Å². The first-order chi connectivity index (χ1) is 9.58. The second-order valence-corrected chi connectivity index (χ2v) is 4.74. The van der Waals surface area contributed by atoms with E-state index >= 15 is 0 Å². The van der Waals surface area contributed by atoms with Gasteiger partial charge in [0.15, 0.2) is 5.16 Å². The molecule has 0 fully saturated rings. The number of nitrogens with one attached hydrogen (secondary N) is 2. The Morgan fingerprint density at radius 2 is 2.10 bits per heavy atom. The van der Waals surface area contributed by atoms with Crippen LogP contribution in [0.3, 0.4) is 0 Å². The Labute approximate surface area is 119 Å². The maximum absolute atomic E-state index is 11.9. The van der Waals surface area contributed by atoms with Crippen molar-refractivity contribution in [2.45, 2.75) is 18.6 Å². The Hall–Kier alpha value is -2.22. The van der Waals surface area contributed by atoms with Crippen molar-refractivity contribution in [3.63, 3.8) is 0 Å². The van der Waals surface area contributed by atoms with Gasteiger partial charge < -0.3 is 10.3 Å². The fourth-order valence-corrected chi connectivity index (χ4v) is 1.86. The fourth-order valence-electron chi connectivity index (χ4n) is 1.54. The Morgan fingerprint density at radius 3 is 2.70 bits per heavy atom. The Morgan fingerprint density at radius 1 is 1.40 bits per heavy atom. The summed E-state index contributed by atoms with van der Waals surface area (Å²) in [5.74, 6) is 0.201. The van der Waals surface area contributed by atoms with Crippen molar-refractivity contribution in [1.29, 1.82) is 0 Å². The lowest BCUT2D eigenvalue weighted by atomic mass is 10.3. The van der Waals surface area contributed by atoms with E-state index in [4.69, 9.17) is 0 Å². The molecule has 2 heterocycles. The number of rotatable bonds is 4. The Kier molecular flexibility index (Phi) is 4.46. The molecule has 0 aliphatic heterocycles. The lowest BCUT2D eigenvalue weighted by molar-refractivity contribution is 0.0949. The number of nitrogens with zero attached hydrogens (tertiary/aromatic N) is 3. The van der Waals surface area contributed by atoms with E-state index < -0.39 is 0 Å². The molecule has 0 unspecified atom stereocenters. The van der Waals surface area contributed by atoms with Crippen LogP contribution in [0.25, 0.3) is 0 Å². The number of aryl methyl sites for hydroxylation is 1. The van der Waals surface area contributed by atoms with Crippen LogP contribution < -0.4 is 10.9 Å². The average Bonchev–Trinajstić information content (AvgIpc) is 2.44. The molecule has 1 amide bonds. The van der Waals surface area contributed by atoms with E-state index in [1.165, 1.54) is 30.2 Å². The second kappa shape index (κ2) is 6.29. The van der Waals surface area contributed by atoms with Gasteiger partial charge in [-0.15, -0.1) is 0 Å². The molecule has 0 bridgehead atoms. The molecule has 2 N–H and O–H groups in total. The summed E-state index contributed by atoms with van der Waals surface area (Å²) in [6.07, 6.45) is 4.78. The van der Waals surface area contributed by atoms with Gasteiger partial charge in [0.05, 0.1) is 17.8 Å². The minimum absolute atomic E-state index is 0.174. The maximum Gasteiger partial charge on any atom is 0.254 e. The fraction of sp³-hybridized carbons (Fsp3) is 0.250. The van der Waals surface area contributed by atoms with E-state index in [0.29, 0.717) is 22.2 Å². The van der Waals surface area contributed by atoms with Crippen molar-refractivity contribution >= 4 is 17.7 Å². The minimum Gasteiger partial charge on any atom is -0.346 e. The third-order valence-electron chi connectivity index (χ3n) is 2.42. The van der Waals surface area contributed by atoms with E-state index in [-0.39, 0.29) is 18.0 Å². The predicted octanol–water partition coefficient (Wildman–Crippen LogP) is 0.520. The van der Waals surface area contributed by atoms with E-state index in [2.05, 4.69) is 25.3 Å². The van der Waals surface area contributed by atoms with Gasteiger partial charge in [0.25, 0.3) is 11.5 Å². The topological polar surface area (TPSA) is 101 Å². The highest BCUT2D eigenvalue weighted by Crippen LogP contribution is 2.06. The molecule has 20 heavy (non-hydrogen) atoms. The molecule has 2 rings (SSSR count). The molecule has 0 aliphatic carbocycles. The van der Waals surface area contributed by atoms with Gasteiger partial charge in [0.2, 0.25) is 0 Å². The number of aromatic nitrogens is 4. The molecule has 0 saturated heterocycles. The van der Waals surface area contributed by atoms with E-state index in [1.54, 1.807) is 6.92 Å². The largest absolute Gasteiger partial charge is 0.346 e. The third kappa shape index (κ3) is 3.64. The number of aromatic amines is 1. The Bertz CT molecular complexity index is 668. The van der Waals surface area contributed by atoms with Crippen LogP contribution in [0.1, 0.15) is 21.9 Å². The van der Waals surface area contributed by atoms with Crippen LogP contribution in [-0.4, -0.2) is 32.1 Å². The zero-order chi connectivity index (χ0) is 14.5. The molecule has 2 aromatic heterocycles. The van der Waals surface area contributed by atoms with Gasteiger partial charge in [-0.3, -0.25) is 9.59 Å². The lowest BCUT2D eigenvalue weighted by Crippen LogP contribution is -2.25. The van der Waals surface area contributed by atoms with Crippen molar-refractivity contribution < 1.29 is 4.79 Å². The quantitative estimate of drug-likeness (QED) is 0.629. The van der Waals surface area contributed by atoms with Crippen LogP contribution in [0, 0.1) is 6.92 Å². The number of H-pyrrole nitrogens is 1. The van der Waals surface area contributed by atoms with Crippen LogP contribution in [0.15, 0.2) is 28.4 Å². The van der Waals surface area contributed by atoms with Gasteiger partial charge in [-0.25, -0.2) is 15.0 Å². The lowest BCUT2D eigenvalue weighted by Gasteiger charge is -2.05. The summed E-state index contributed by atoms with van der Waals surface area (Å²) in [5.41, 5.74) is 0.625. The molecular formula is C12H13N5O2S. The highest BCUT2D eigenvalue weighted by molar-refractivity contribution is 7.98. The summed E-state index contributed by atoms with van der Waals surface area (Å²) in [4.78, 5) is 37.8. The molecule has 0 spiro atoms. The smallest absolute Gasteiger partial charge is 0.254 e. The molecular weight excluding hydrogens is 278 g/mol. The summed E-state index contributed by atoms with van der Waals surface area (Å²) in [7, 11) is 0. The molecule has 2 aromatic rings. The summed E-state index contributed by atoms with van der Waals surface area (Å²) in [6.45, 7) is 1.86. The first-order valence-electron chi connectivity index (χ1n) is 5.79. The van der Waals surface area contributed by atoms with Crippen molar-refractivity contribution in [2.24, 2.45) is 0 Å². The number of hydrogen-bond donors (Lipinski definition) is 2. The number of thioether (sulfide) groups is 1. The number of amides is 1. The van der Waals surface area contributed by atoms with Crippen LogP contribution in [0.2, 0.25) is 0 Å². The van der Waals surface area contributed by atoms with Crippen molar-refractivity contribution in [3.8, 4) is 0 Å². The minimum atomic E-state index is -0.308. The highest BCUT2D eigenvalue weighted by atomic mass is 32.2. The summed E-state index contributed by atoms with van der Waals surface area (Å²) >= 11 is 1.40. The average molecular weight is 291 g/mol. The van der Waals surface area contributed by atoms with Crippen LogP contribution in [0.5, 0.6) is 0 Å². The monoisotopic (exact) mass is 291 g/mol. The standard InChI is InChI=1S/C12H13N5O2S/c1-7-16-9(3-10(18)17-7)6-13-11(19)8-4-14-12(20-2)15-5-8/h3-5H,6H2,1-2H3,(H,13,19)(H,16,17,18). The molecule has 8 heteroatoms. The summed E-state index contributed by atoms with van der Waals surface area (Å²) in [5, 5.41) is 3.27. The first-order valence-corrected chi connectivity index (χ1v) is 7.02.